The lowest BCUT2D eigenvalue weighted by Gasteiger charge is -2.07. The minimum Gasteiger partial charge on any atom is -0.455 e. The minimum atomic E-state index is -0.896. The molecule has 0 aliphatic rings. The molecule has 1 unspecified atom stereocenters. The van der Waals surface area contributed by atoms with Crippen LogP contribution in [0.25, 0.3) is 11.0 Å². The molecule has 3 aromatic rings. The number of furan rings is 1. The van der Waals surface area contributed by atoms with E-state index in [0.29, 0.717) is 11.1 Å². The first kappa shape index (κ1) is 12.8. The van der Waals surface area contributed by atoms with Crippen molar-refractivity contribution in [1.29, 1.82) is 0 Å². The summed E-state index contributed by atoms with van der Waals surface area (Å²) in [7, 11) is 0. The summed E-state index contributed by atoms with van der Waals surface area (Å²) in [6.07, 6.45) is -0.617. The Morgan fingerprint density at radius 2 is 1.80 bits per heavy atom. The predicted octanol–water partition coefficient (Wildman–Crippen LogP) is 3.99. The summed E-state index contributed by atoms with van der Waals surface area (Å²) in [6, 6.07) is 12.1. The van der Waals surface area contributed by atoms with E-state index >= 15 is 0 Å². The number of aliphatic hydroxyl groups is 1. The van der Waals surface area contributed by atoms with E-state index in [1.54, 1.807) is 30.3 Å². The van der Waals surface area contributed by atoms with Crippen LogP contribution in [0.2, 0.25) is 0 Å². The molecule has 1 atom stereocenters. The van der Waals surface area contributed by atoms with Crippen LogP contribution in [0.5, 0.6) is 0 Å². The third-order valence-corrected chi connectivity index (χ3v) is 3.19. The Morgan fingerprint density at radius 1 is 1.05 bits per heavy atom. The average Bonchev–Trinajstić information content (AvgIpc) is 2.87. The number of rotatable bonds is 3. The van der Waals surface area contributed by atoms with Crippen molar-refractivity contribution >= 4 is 11.0 Å². The first-order chi connectivity index (χ1) is 9.63. The smallest absolute Gasteiger partial charge is 0.170 e. The van der Waals surface area contributed by atoms with Gasteiger partial charge in [-0.1, -0.05) is 24.3 Å². The molecule has 0 fully saturated rings. The molecule has 1 aromatic heterocycles. The molecule has 0 radical (unpaired) electrons. The summed E-state index contributed by atoms with van der Waals surface area (Å²) >= 11 is 0. The number of hydrogen-bond acceptors (Lipinski definition) is 2. The molecule has 2 aromatic carbocycles. The first-order valence-corrected chi connectivity index (χ1v) is 6.24. The zero-order valence-corrected chi connectivity index (χ0v) is 10.5. The van der Waals surface area contributed by atoms with E-state index in [1.807, 2.05) is 0 Å². The molecule has 102 valence electrons. The summed E-state index contributed by atoms with van der Waals surface area (Å²) in [4.78, 5) is 0. The van der Waals surface area contributed by atoms with E-state index in [-0.39, 0.29) is 17.8 Å². The summed E-state index contributed by atoms with van der Waals surface area (Å²) < 4.78 is 31.7. The quantitative estimate of drug-likeness (QED) is 0.783. The molecule has 0 saturated carbocycles. The van der Waals surface area contributed by atoms with Crippen molar-refractivity contribution in [3.8, 4) is 0 Å². The Morgan fingerprint density at radius 3 is 2.50 bits per heavy atom. The first-order valence-electron chi connectivity index (χ1n) is 6.24. The van der Waals surface area contributed by atoms with Crippen LogP contribution in [0, 0.1) is 11.6 Å². The van der Waals surface area contributed by atoms with Gasteiger partial charge in [0.25, 0.3) is 0 Å². The van der Waals surface area contributed by atoms with E-state index in [1.165, 1.54) is 18.2 Å². The lowest BCUT2D eigenvalue weighted by atomic mass is 10.1. The monoisotopic (exact) mass is 274 g/mol. The Labute approximate surface area is 114 Å². The van der Waals surface area contributed by atoms with Crippen LogP contribution < -0.4 is 0 Å². The molecular formula is C16H12F2O2. The predicted molar refractivity (Wildman–Crippen MR) is 71.2 cm³/mol. The topological polar surface area (TPSA) is 33.4 Å². The van der Waals surface area contributed by atoms with Crippen molar-refractivity contribution in [2.45, 2.75) is 12.5 Å². The fraction of sp³-hybridized carbons (Fsp3) is 0.125. The lowest BCUT2D eigenvalue weighted by molar-refractivity contribution is 0.152. The van der Waals surface area contributed by atoms with Gasteiger partial charge in [0.05, 0.1) is 0 Å². The Balaban J connectivity index is 1.86. The third kappa shape index (κ3) is 2.42. The highest BCUT2D eigenvalue weighted by atomic mass is 19.1. The second kappa shape index (κ2) is 5.06. The fourth-order valence-electron chi connectivity index (χ4n) is 2.16. The number of aliphatic hydroxyl groups excluding tert-OH is 1. The molecule has 0 saturated heterocycles. The maximum Gasteiger partial charge on any atom is 0.170 e. The molecule has 20 heavy (non-hydrogen) atoms. The van der Waals surface area contributed by atoms with Gasteiger partial charge in [-0.15, -0.1) is 0 Å². The average molecular weight is 274 g/mol. The zero-order chi connectivity index (χ0) is 14.1. The Hall–Kier alpha value is -2.20. The van der Waals surface area contributed by atoms with E-state index < -0.39 is 11.9 Å². The molecule has 0 bridgehead atoms. The van der Waals surface area contributed by atoms with Gasteiger partial charge in [0.1, 0.15) is 17.7 Å². The fourth-order valence-corrected chi connectivity index (χ4v) is 2.16. The van der Waals surface area contributed by atoms with Gasteiger partial charge in [-0.25, -0.2) is 8.78 Å². The van der Waals surface area contributed by atoms with Crippen LogP contribution in [0.4, 0.5) is 8.78 Å². The molecule has 0 aliphatic carbocycles. The SMILES string of the molecule is OC(Cc1ccc(F)cc1)c1cc2cccc(F)c2o1. The van der Waals surface area contributed by atoms with Crippen LogP contribution in [0.1, 0.15) is 17.4 Å². The summed E-state index contributed by atoms with van der Waals surface area (Å²) in [5, 5.41) is 10.7. The van der Waals surface area contributed by atoms with Crippen LogP contribution in [-0.4, -0.2) is 5.11 Å². The maximum atomic E-state index is 13.5. The van der Waals surface area contributed by atoms with Gasteiger partial charge in [0.2, 0.25) is 0 Å². The molecule has 3 rings (SSSR count). The highest BCUT2D eigenvalue weighted by molar-refractivity contribution is 5.78. The number of hydrogen-bond donors (Lipinski definition) is 1. The van der Waals surface area contributed by atoms with Gasteiger partial charge in [-0.05, 0) is 29.8 Å². The molecule has 1 heterocycles. The number of halogens is 2. The number of para-hydroxylation sites is 1. The van der Waals surface area contributed by atoms with Crippen LogP contribution in [-0.2, 0) is 6.42 Å². The van der Waals surface area contributed by atoms with Crippen LogP contribution >= 0.6 is 0 Å². The molecule has 0 amide bonds. The molecular weight excluding hydrogens is 262 g/mol. The van der Waals surface area contributed by atoms with Crippen molar-refractivity contribution in [3.05, 3.63) is 71.5 Å². The molecule has 2 nitrogen and oxygen atoms in total. The molecule has 0 aliphatic heterocycles. The highest BCUT2D eigenvalue weighted by Gasteiger charge is 2.15. The van der Waals surface area contributed by atoms with Gasteiger partial charge in [-0.2, -0.15) is 0 Å². The van der Waals surface area contributed by atoms with Crippen molar-refractivity contribution < 1.29 is 18.3 Å². The van der Waals surface area contributed by atoms with Crippen LogP contribution in [0.15, 0.2) is 52.9 Å². The zero-order valence-electron chi connectivity index (χ0n) is 10.5. The summed E-state index contributed by atoms with van der Waals surface area (Å²) in [6.45, 7) is 0. The standard InChI is InChI=1S/C16H12F2O2/c17-12-6-4-10(5-7-12)8-14(19)15-9-11-2-1-3-13(18)16(11)20-15/h1-7,9,14,19H,8H2. The minimum absolute atomic E-state index is 0.139. The highest BCUT2D eigenvalue weighted by Crippen LogP contribution is 2.27. The molecule has 0 spiro atoms. The van der Waals surface area contributed by atoms with Gasteiger partial charge < -0.3 is 9.52 Å². The van der Waals surface area contributed by atoms with E-state index in [0.717, 1.165) is 5.56 Å². The Kier molecular flexibility index (Phi) is 3.24. The van der Waals surface area contributed by atoms with Crippen molar-refractivity contribution in [1.82, 2.24) is 0 Å². The van der Waals surface area contributed by atoms with E-state index in [2.05, 4.69) is 0 Å². The van der Waals surface area contributed by atoms with Crippen LogP contribution in [0.3, 0.4) is 0 Å². The Bertz CT molecular complexity index is 732. The van der Waals surface area contributed by atoms with Gasteiger partial charge in [0, 0.05) is 11.8 Å². The van der Waals surface area contributed by atoms with E-state index in [4.69, 9.17) is 4.42 Å². The van der Waals surface area contributed by atoms with Crippen molar-refractivity contribution in [2.24, 2.45) is 0 Å². The lowest BCUT2D eigenvalue weighted by Crippen LogP contribution is -2.00. The van der Waals surface area contributed by atoms with Gasteiger partial charge in [-0.3, -0.25) is 0 Å². The largest absolute Gasteiger partial charge is 0.455 e. The summed E-state index contributed by atoms with van der Waals surface area (Å²) in [5.74, 6) is -0.480. The molecule has 4 heteroatoms. The maximum absolute atomic E-state index is 13.5. The second-order valence-electron chi connectivity index (χ2n) is 4.65. The number of benzene rings is 2. The summed E-state index contributed by atoms with van der Waals surface area (Å²) in [5.41, 5.74) is 0.917. The molecule has 1 N–H and O–H groups in total. The van der Waals surface area contributed by atoms with Gasteiger partial charge in [0.15, 0.2) is 11.4 Å². The third-order valence-electron chi connectivity index (χ3n) is 3.19. The second-order valence-corrected chi connectivity index (χ2v) is 4.65. The van der Waals surface area contributed by atoms with Crippen molar-refractivity contribution in [2.75, 3.05) is 0 Å². The van der Waals surface area contributed by atoms with Crippen molar-refractivity contribution in [3.63, 3.8) is 0 Å². The number of fused-ring (bicyclic) bond motifs is 1. The van der Waals surface area contributed by atoms with Gasteiger partial charge >= 0.3 is 0 Å². The van der Waals surface area contributed by atoms with E-state index in [9.17, 15) is 13.9 Å². The normalized spacial score (nSPS) is 12.8.